The highest BCUT2D eigenvalue weighted by Gasteiger charge is 2.34. The zero-order chi connectivity index (χ0) is 14.0. The van der Waals surface area contributed by atoms with E-state index < -0.39 is 22.8 Å². The molecule has 102 valence electrons. The number of piperidine rings is 1. The summed E-state index contributed by atoms with van der Waals surface area (Å²) < 4.78 is 0. The molecule has 2 N–H and O–H groups in total. The Morgan fingerprint density at radius 1 is 1.42 bits per heavy atom. The number of aromatic nitrogens is 1. The van der Waals surface area contributed by atoms with Crippen LogP contribution in [-0.4, -0.2) is 44.4 Å². The number of hydrogen-bond acceptors (Lipinski definition) is 4. The third kappa shape index (κ3) is 2.56. The van der Waals surface area contributed by atoms with Gasteiger partial charge in [-0.05, 0) is 30.3 Å². The summed E-state index contributed by atoms with van der Waals surface area (Å²) in [6.07, 6.45) is 1.90. The molecule has 1 atom stereocenters. The number of aromatic amines is 1. The highest BCUT2D eigenvalue weighted by Crippen LogP contribution is 2.20. The lowest BCUT2D eigenvalue weighted by Crippen LogP contribution is -2.48. The molecule has 2 rings (SSSR count). The lowest BCUT2D eigenvalue weighted by Gasteiger charge is -2.31. The smallest absolute Gasteiger partial charge is 0.326 e. The number of carbonyl (C=O) groups is 2. The molecule has 8 heteroatoms. The molecule has 2 heterocycles. The molecule has 8 nitrogen and oxygen atoms in total. The van der Waals surface area contributed by atoms with Crippen LogP contribution in [0.1, 0.15) is 29.8 Å². The van der Waals surface area contributed by atoms with E-state index in [1.165, 1.54) is 17.0 Å². The van der Waals surface area contributed by atoms with Crippen LogP contribution in [0, 0.1) is 10.1 Å². The van der Waals surface area contributed by atoms with E-state index in [-0.39, 0.29) is 11.5 Å². The predicted octanol–water partition coefficient (Wildman–Crippen LogP) is 1.00. The molecule has 0 bridgehead atoms. The van der Waals surface area contributed by atoms with Gasteiger partial charge in [-0.2, -0.15) is 0 Å². The van der Waals surface area contributed by atoms with Crippen molar-refractivity contribution in [3.63, 3.8) is 0 Å². The number of nitrogens with zero attached hydrogens (tertiary/aromatic N) is 2. The number of carboxylic acids is 1. The summed E-state index contributed by atoms with van der Waals surface area (Å²) in [7, 11) is 0. The van der Waals surface area contributed by atoms with Crippen molar-refractivity contribution in [2.45, 2.75) is 25.3 Å². The van der Waals surface area contributed by atoms with Gasteiger partial charge in [0.15, 0.2) is 5.69 Å². The van der Waals surface area contributed by atoms with Crippen LogP contribution in [0.5, 0.6) is 0 Å². The van der Waals surface area contributed by atoms with Gasteiger partial charge in [0.1, 0.15) is 6.04 Å². The number of carbonyl (C=O) groups excluding carboxylic acids is 1. The van der Waals surface area contributed by atoms with E-state index >= 15 is 0 Å². The van der Waals surface area contributed by atoms with Crippen molar-refractivity contribution >= 4 is 17.7 Å². The van der Waals surface area contributed by atoms with Crippen molar-refractivity contribution in [2.75, 3.05) is 6.54 Å². The van der Waals surface area contributed by atoms with E-state index in [1.807, 2.05) is 0 Å². The van der Waals surface area contributed by atoms with E-state index in [0.29, 0.717) is 13.0 Å². The molecular formula is C11H13N3O5. The highest BCUT2D eigenvalue weighted by atomic mass is 16.6. The molecule has 0 unspecified atom stereocenters. The molecule has 1 aliphatic rings. The van der Waals surface area contributed by atoms with Gasteiger partial charge in [0.05, 0.1) is 0 Å². The van der Waals surface area contributed by atoms with Crippen LogP contribution in [0.25, 0.3) is 0 Å². The minimum absolute atomic E-state index is 0.0415. The molecule has 0 aliphatic carbocycles. The zero-order valence-corrected chi connectivity index (χ0v) is 10.0. The third-order valence-electron chi connectivity index (χ3n) is 3.15. The van der Waals surface area contributed by atoms with Gasteiger partial charge in [0, 0.05) is 12.6 Å². The zero-order valence-electron chi connectivity index (χ0n) is 10.0. The quantitative estimate of drug-likeness (QED) is 0.626. The Hall–Kier alpha value is -2.38. The van der Waals surface area contributed by atoms with Gasteiger partial charge in [-0.15, -0.1) is 0 Å². The van der Waals surface area contributed by atoms with Crippen molar-refractivity contribution in [1.82, 2.24) is 9.88 Å². The number of nitrogens with one attached hydrogen (secondary N) is 1. The highest BCUT2D eigenvalue weighted by molar-refractivity contribution is 5.95. The first kappa shape index (κ1) is 13.1. The van der Waals surface area contributed by atoms with Crippen molar-refractivity contribution in [1.29, 1.82) is 0 Å². The van der Waals surface area contributed by atoms with Crippen LogP contribution in [-0.2, 0) is 4.79 Å². The average molecular weight is 267 g/mol. The Morgan fingerprint density at radius 2 is 2.16 bits per heavy atom. The first-order valence-electron chi connectivity index (χ1n) is 5.88. The van der Waals surface area contributed by atoms with Crippen molar-refractivity contribution in [2.24, 2.45) is 0 Å². The van der Waals surface area contributed by atoms with E-state index in [9.17, 15) is 19.7 Å². The van der Waals surface area contributed by atoms with Crippen LogP contribution < -0.4 is 0 Å². The van der Waals surface area contributed by atoms with Crippen molar-refractivity contribution < 1.29 is 19.6 Å². The molecule has 1 aromatic rings. The minimum atomic E-state index is -1.05. The molecule has 1 aromatic heterocycles. The summed E-state index contributed by atoms with van der Waals surface area (Å²) in [5.74, 6) is -1.85. The number of rotatable bonds is 3. The second-order valence-electron chi connectivity index (χ2n) is 4.36. The van der Waals surface area contributed by atoms with Crippen LogP contribution in [0.3, 0.4) is 0 Å². The Bertz CT molecular complexity index is 524. The number of hydrogen-bond donors (Lipinski definition) is 2. The third-order valence-corrected chi connectivity index (χ3v) is 3.15. The summed E-state index contributed by atoms with van der Waals surface area (Å²) in [4.78, 5) is 36.8. The van der Waals surface area contributed by atoms with E-state index in [2.05, 4.69) is 4.98 Å². The topological polar surface area (TPSA) is 117 Å². The minimum Gasteiger partial charge on any atom is -0.480 e. The molecule has 19 heavy (non-hydrogen) atoms. The van der Waals surface area contributed by atoms with Gasteiger partial charge in [-0.3, -0.25) is 4.79 Å². The lowest BCUT2D eigenvalue weighted by molar-refractivity contribution is -0.389. The largest absolute Gasteiger partial charge is 0.480 e. The van der Waals surface area contributed by atoms with E-state index in [0.717, 1.165) is 12.8 Å². The maximum atomic E-state index is 12.2. The molecule has 0 aromatic carbocycles. The standard InChI is InChI=1S/C11H13N3O5/c15-10(7-4-5-9(12-7)14(18)19)13-6-2-1-3-8(13)11(16)17/h4-5,8,12H,1-3,6H2,(H,16,17)/t8-/m0/s1. The number of amides is 1. The molecule has 1 fully saturated rings. The van der Waals surface area contributed by atoms with Crippen LogP contribution in [0.4, 0.5) is 5.82 Å². The first-order chi connectivity index (χ1) is 9.00. The van der Waals surface area contributed by atoms with Gasteiger partial charge in [-0.1, -0.05) is 0 Å². The summed E-state index contributed by atoms with van der Waals surface area (Å²) >= 11 is 0. The maximum Gasteiger partial charge on any atom is 0.326 e. The summed E-state index contributed by atoms with van der Waals surface area (Å²) in [6, 6.07) is 1.63. The monoisotopic (exact) mass is 267 g/mol. The molecule has 0 radical (unpaired) electrons. The molecule has 0 saturated carbocycles. The number of H-pyrrole nitrogens is 1. The summed E-state index contributed by atoms with van der Waals surface area (Å²) in [5.41, 5.74) is 0.0415. The molecule has 1 aliphatic heterocycles. The number of carboxylic acid groups (broad SMARTS) is 1. The summed E-state index contributed by atoms with van der Waals surface area (Å²) in [6.45, 7) is 0.350. The fraction of sp³-hybridized carbons (Fsp3) is 0.455. The van der Waals surface area contributed by atoms with Crippen molar-refractivity contribution in [3.8, 4) is 0 Å². The number of nitro groups is 1. The fourth-order valence-corrected chi connectivity index (χ4v) is 2.20. The fourth-order valence-electron chi connectivity index (χ4n) is 2.20. The molecule has 1 saturated heterocycles. The number of likely N-dealkylation sites (tertiary alicyclic amines) is 1. The van der Waals surface area contributed by atoms with Gasteiger partial charge in [-0.25, -0.2) is 9.78 Å². The Labute approximate surface area is 108 Å². The van der Waals surface area contributed by atoms with Gasteiger partial charge < -0.3 is 20.1 Å². The predicted molar refractivity (Wildman–Crippen MR) is 63.8 cm³/mol. The lowest BCUT2D eigenvalue weighted by atomic mass is 10.0. The Balaban J connectivity index is 2.21. The normalized spacial score (nSPS) is 19.2. The van der Waals surface area contributed by atoms with E-state index in [4.69, 9.17) is 5.11 Å². The van der Waals surface area contributed by atoms with Crippen molar-refractivity contribution in [3.05, 3.63) is 27.9 Å². The summed E-state index contributed by atoms with van der Waals surface area (Å²) in [5, 5.41) is 19.6. The van der Waals surface area contributed by atoms with E-state index in [1.54, 1.807) is 0 Å². The Kier molecular flexibility index (Phi) is 3.50. The second-order valence-corrected chi connectivity index (χ2v) is 4.36. The molecular weight excluding hydrogens is 254 g/mol. The maximum absolute atomic E-state index is 12.2. The van der Waals surface area contributed by atoms with Gasteiger partial charge in [0.25, 0.3) is 5.91 Å². The van der Waals surface area contributed by atoms with Gasteiger partial charge >= 0.3 is 11.8 Å². The molecule has 1 amide bonds. The Morgan fingerprint density at radius 3 is 2.74 bits per heavy atom. The second kappa shape index (κ2) is 5.09. The average Bonchev–Trinajstić information content (AvgIpc) is 2.87. The first-order valence-corrected chi connectivity index (χ1v) is 5.88. The number of aliphatic carboxylic acids is 1. The molecule has 0 spiro atoms. The van der Waals surface area contributed by atoms with Gasteiger partial charge in [0.2, 0.25) is 0 Å². The van der Waals surface area contributed by atoms with Crippen LogP contribution in [0.15, 0.2) is 12.1 Å². The van der Waals surface area contributed by atoms with Crippen LogP contribution in [0.2, 0.25) is 0 Å². The SMILES string of the molecule is O=C(O)[C@@H]1CCCCN1C(=O)c1ccc([N+](=O)[O-])[nH]1. The van der Waals surface area contributed by atoms with Crippen LogP contribution >= 0.6 is 0 Å².